The second-order valence-electron chi connectivity index (χ2n) is 4.88. The number of hydrogen-bond donors (Lipinski definition) is 0. The molecule has 0 heterocycles. The fraction of sp³-hybridized carbons (Fsp3) is 0.235. The normalized spacial score (nSPS) is 10.4. The third-order valence-corrected chi connectivity index (χ3v) is 4.07. The minimum atomic E-state index is -0.289. The fourth-order valence-corrected chi connectivity index (χ4v) is 3.01. The Morgan fingerprint density at radius 3 is 2.52 bits per heavy atom. The van der Waals surface area contributed by atoms with Crippen LogP contribution < -0.4 is 4.74 Å². The van der Waals surface area contributed by atoms with Crippen molar-refractivity contribution >= 4 is 33.5 Å². The molecular formula is C17H15BrClFO3. The second-order valence-corrected chi connectivity index (χ2v) is 6.14. The van der Waals surface area contributed by atoms with Crippen LogP contribution in [0.1, 0.15) is 17.5 Å². The molecule has 0 bridgehead atoms. The van der Waals surface area contributed by atoms with Gasteiger partial charge in [0, 0.05) is 6.42 Å². The van der Waals surface area contributed by atoms with Crippen LogP contribution in [0.3, 0.4) is 0 Å². The SMILES string of the molecule is COC(=O)CCc1cc(Cl)c(OCc2ccc(F)cc2)c(Br)c1. The van der Waals surface area contributed by atoms with Gasteiger partial charge < -0.3 is 9.47 Å². The molecule has 6 heteroatoms. The van der Waals surface area contributed by atoms with Crippen molar-refractivity contribution in [3.8, 4) is 5.75 Å². The van der Waals surface area contributed by atoms with Gasteiger partial charge in [0.25, 0.3) is 0 Å². The summed E-state index contributed by atoms with van der Waals surface area (Å²) in [4.78, 5) is 11.2. The highest BCUT2D eigenvalue weighted by atomic mass is 79.9. The average Bonchev–Trinajstić information content (AvgIpc) is 2.53. The van der Waals surface area contributed by atoms with Crippen LogP contribution in [0.4, 0.5) is 4.39 Å². The summed E-state index contributed by atoms with van der Waals surface area (Å²) in [6.07, 6.45) is 0.818. The lowest BCUT2D eigenvalue weighted by Gasteiger charge is -2.12. The molecular weight excluding hydrogens is 387 g/mol. The summed E-state index contributed by atoms with van der Waals surface area (Å²) >= 11 is 9.67. The number of benzene rings is 2. The van der Waals surface area contributed by atoms with Crippen molar-refractivity contribution < 1.29 is 18.7 Å². The Hall–Kier alpha value is -1.59. The van der Waals surface area contributed by atoms with Crippen LogP contribution in [0, 0.1) is 5.82 Å². The molecule has 2 aromatic rings. The second kappa shape index (κ2) is 8.31. The van der Waals surface area contributed by atoms with Crippen molar-refractivity contribution in [2.45, 2.75) is 19.4 Å². The zero-order chi connectivity index (χ0) is 16.8. The number of methoxy groups -OCH3 is 1. The number of hydrogen-bond acceptors (Lipinski definition) is 3. The van der Waals surface area contributed by atoms with Gasteiger partial charge in [-0.2, -0.15) is 0 Å². The van der Waals surface area contributed by atoms with Crippen molar-refractivity contribution in [3.63, 3.8) is 0 Å². The number of halogens is 3. The molecule has 0 unspecified atom stereocenters. The van der Waals surface area contributed by atoms with Gasteiger partial charge in [-0.15, -0.1) is 0 Å². The minimum Gasteiger partial charge on any atom is -0.486 e. The quantitative estimate of drug-likeness (QED) is 0.644. The average molecular weight is 402 g/mol. The summed E-state index contributed by atoms with van der Waals surface area (Å²) < 4.78 is 23.9. The lowest BCUT2D eigenvalue weighted by Crippen LogP contribution is -2.02. The van der Waals surface area contributed by atoms with Gasteiger partial charge >= 0.3 is 5.97 Å². The Kier molecular flexibility index (Phi) is 6.42. The molecule has 3 nitrogen and oxygen atoms in total. The number of ether oxygens (including phenoxy) is 2. The van der Waals surface area contributed by atoms with Crippen LogP contribution in [0.15, 0.2) is 40.9 Å². The molecule has 23 heavy (non-hydrogen) atoms. The van der Waals surface area contributed by atoms with E-state index in [1.54, 1.807) is 18.2 Å². The van der Waals surface area contributed by atoms with Gasteiger partial charge in [-0.3, -0.25) is 4.79 Å². The maximum Gasteiger partial charge on any atom is 0.305 e. The Bertz CT molecular complexity index is 666. The number of esters is 1. The standard InChI is InChI=1S/C17H15BrClFO3/c1-22-16(21)7-4-12-8-14(18)17(15(19)9-12)23-10-11-2-5-13(20)6-3-11/h2-3,5-6,8-9H,4,7,10H2,1H3. The first kappa shape index (κ1) is 17.8. The van der Waals surface area contributed by atoms with Gasteiger partial charge in [0.15, 0.2) is 5.75 Å². The lowest BCUT2D eigenvalue weighted by atomic mass is 10.1. The molecule has 0 aliphatic rings. The molecule has 0 spiro atoms. The first-order chi connectivity index (χ1) is 11.0. The van der Waals surface area contributed by atoms with E-state index in [0.717, 1.165) is 11.1 Å². The number of rotatable bonds is 6. The summed E-state index contributed by atoms with van der Waals surface area (Å²) in [7, 11) is 1.36. The lowest BCUT2D eigenvalue weighted by molar-refractivity contribution is -0.140. The third-order valence-electron chi connectivity index (χ3n) is 3.20. The van der Waals surface area contributed by atoms with Crippen LogP contribution in [-0.4, -0.2) is 13.1 Å². The van der Waals surface area contributed by atoms with Crippen molar-refractivity contribution in [3.05, 3.63) is 62.8 Å². The minimum absolute atomic E-state index is 0.270. The summed E-state index contributed by atoms with van der Waals surface area (Å²) in [6.45, 7) is 0.278. The predicted molar refractivity (Wildman–Crippen MR) is 90.2 cm³/mol. The molecule has 2 aromatic carbocycles. The van der Waals surface area contributed by atoms with Crippen LogP contribution in [0.5, 0.6) is 5.75 Å². The molecule has 2 rings (SSSR count). The molecule has 0 saturated carbocycles. The Balaban J connectivity index is 2.04. The van der Waals surface area contributed by atoms with Crippen LogP contribution >= 0.6 is 27.5 Å². The van der Waals surface area contributed by atoms with Crippen molar-refractivity contribution in [1.82, 2.24) is 0 Å². The molecule has 0 aliphatic carbocycles. The van der Waals surface area contributed by atoms with Gasteiger partial charge in [-0.25, -0.2) is 4.39 Å². The van der Waals surface area contributed by atoms with Crippen molar-refractivity contribution in [2.75, 3.05) is 7.11 Å². The topological polar surface area (TPSA) is 35.5 Å². The summed E-state index contributed by atoms with van der Waals surface area (Å²) in [5.41, 5.74) is 1.74. The van der Waals surface area contributed by atoms with Gasteiger partial charge in [0.05, 0.1) is 16.6 Å². The molecule has 0 saturated heterocycles. The van der Waals surface area contributed by atoms with E-state index in [4.69, 9.17) is 16.3 Å². The summed E-state index contributed by atoms with van der Waals surface area (Å²) in [5, 5.41) is 0.446. The maximum atomic E-state index is 12.9. The molecule has 0 fully saturated rings. The highest BCUT2D eigenvalue weighted by molar-refractivity contribution is 9.10. The monoisotopic (exact) mass is 400 g/mol. The van der Waals surface area contributed by atoms with E-state index in [1.807, 2.05) is 6.07 Å². The summed E-state index contributed by atoms with van der Waals surface area (Å²) in [6, 6.07) is 9.68. The Labute approximate surface area is 147 Å². The van der Waals surface area contributed by atoms with Crippen molar-refractivity contribution in [1.29, 1.82) is 0 Å². The molecule has 0 atom stereocenters. The zero-order valence-corrected chi connectivity index (χ0v) is 14.8. The van der Waals surface area contributed by atoms with E-state index in [9.17, 15) is 9.18 Å². The Morgan fingerprint density at radius 2 is 1.91 bits per heavy atom. The van der Waals surface area contributed by atoms with Crippen LogP contribution in [-0.2, 0) is 22.6 Å². The van der Waals surface area contributed by atoms with E-state index in [-0.39, 0.29) is 24.8 Å². The highest BCUT2D eigenvalue weighted by Crippen LogP contribution is 2.35. The summed E-state index contributed by atoms with van der Waals surface area (Å²) in [5.74, 6) is -0.0467. The van der Waals surface area contributed by atoms with E-state index in [0.29, 0.717) is 21.7 Å². The fourth-order valence-electron chi connectivity index (χ4n) is 1.98. The van der Waals surface area contributed by atoms with Gasteiger partial charge in [0.1, 0.15) is 12.4 Å². The number of carbonyl (C=O) groups excluding carboxylic acids is 1. The van der Waals surface area contributed by atoms with E-state index < -0.39 is 0 Å². The predicted octanol–water partition coefficient (Wildman–Crippen LogP) is 4.93. The van der Waals surface area contributed by atoms with E-state index in [1.165, 1.54) is 19.2 Å². The first-order valence-electron chi connectivity index (χ1n) is 6.91. The van der Waals surface area contributed by atoms with E-state index in [2.05, 4.69) is 20.7 Å². The molecule has 0 aromatic heterocycles. The smallest absolute Gasteiger partial charge is 0.305 e. The number of aryl methyl sites for hydroxylation is 1. The van der Waals surface area contributed by atoms with E-state index >= 15 is 0 Å². The maximum absolute atomic E-state index is 12.9. The van der Waals surface area contributed by atoms with Crippen LogP contribution in [0.25, 0.3) is 0 Å². The number of carbonyl (C=O) groups is 1. The van der Waals surface area contributed by atoms with Crippen molar-refractivity contribution in [2.24, 2.45) is 0 Å². The van der Waals surface area contributed by atoms with Crippen LogP contribution in [0.2, 0.25) is 5.02 Å². The largest absolute Gasteiger partial charge is 0.486 e. The molecule has 0 N–H and O–H groups in total. The third kappa shape index (κ3) is 5.22. The van der Waals surface area contributed by atoms with Gasteiger partial charge in [0.2, 0.25) is 0 Å². The molecule has 0 radical (unpaired) electrons. The first-order valence-corrected chi connectivity index (χ1v) is 8.08. The van der Waals surface area contributed by atoms with Gasteiger partial charge in [-0.1, -0.05) is 23.7 Å². The zero-order valence-electron chi connectivity index (χ0n) is 12.4. The molecule has 0 aliphatic heterocycles. The highest BCUT2D eigenvalue weighted by Gasteiger charge is 2.11. The molecule has 122 valence electrons. The van der Waals surface area contributed by atoms with Gasteiger partial charge in [-0.05, 0) is 57.7 Å². The molecule has 0 amide bonds. The Morgan fingerprint density at radius 1 is 1.22 bits per heavy atom.